The second-order valence-corrected chi connectivity index (χ2v) is 6.01. The Kier molecular flexibility index (Phi) is 3.48. The van der Waals surface area contributed by atoms with Crippen LogP contribution in [0.4, 0.5) is 0 Å². The van der Waals surface area contributed by atoms with Gasteiger partial charge in [0.25, 0.3) is 0 Å². The number of likely N-dealkylation sites (tertiary alicyclic amines) is 1. The molecule has 0 aromatic carbocycles. The molecule has 2 N–H and O–H groups in total. The standard InChI is InChI=1S/C14H26N2O/c1-3-13(4-2)8-10-16(11-9-13)12(17)14(15)6-5-7-14/h3-11,15H2,1-2H3. The van der Waals surface area contributed by atoms with E-state index < -0.39 is 5.54 Å². The summed E-state index contributed by atoms with van der Waals surface area (Å²) in [7, 11) is 0. The summed E-state index contributed by atoms with van der Waals surface area (Å²) >= 11 is 0. The number of hydrogen-bond acceptors (Lipinski definition) is 2. The second kappa shape index (κ2) is 4.60. The van der Waals surface area contributed by atoms with Crippen molar-refractivity contribution in [2.75, 3.05) is 13.1 Å². The summed E-state index contributed by atoms with van der Waals surface area (Å²) in [5, 5.41) is 0. The maximum absolute atomic E-state index is 12.3. The molecule has 1 amide bonds. The van der Waals surface area contributed by atoms with Crippen LogP contribution in [0, 0.1) is 5.41 Å². The van der Waals surface area contributed by atoms with Crippen molar-refractivity contribution in [3.8, 4) is 0 Å². The van der Waals surface area contributed by atoms with Gasteiger partial charge in [0.2, 0.25) is 5.91 Å². The van der Waals surface area contributed by atoms with E-state index >= 15 is 0 Å². The van der Waals surface area contributed by atoms with E-state index in [9.17, 15) is 4.79 Å². The van der Waals surface area contributed by atoms with Gasteiger partial charge in [0.05, 0.1) is 5.54 Å². The molecule has 3 nitrogen and oxygen atoms in total. The molecule has 17 heavy (non-hydrogen) atoms. The van der Waals surface area contributed by atoms with Gasteiger partial charge in [-0.1, -0.05) is 26.7 Å². The fourth-order valence-corrected chi connectivity index (χ4v) is 3.23. The molecule has 1 aliphatic heterocycles. The van der Waals surface area contributed by atoms with Gasteiger partial charge in [0.1, 0.15) is 0 Å². The smallest absolute Gasteiger partial charge is 0.242 e. The van der Waals surface area contributed by atoms with Crippen LogP contribution >= 0.6 is 0 Å². The highest BCUT2D eigenvalue weighted by atomic mass is 16.2. The van der Waals surface area contributed by atoms with Gasteiger partial charge in [0.15, 0.2) is 0 Å². The van der Waals surface area contributed by atoms with E-state index in [0.717, 1.165) is 45.2 Å². The largest absolute Gasteiger partial charge is 0.341 e. The Hall–Kier alpha value is -0.570. The lowest BCUT2D eigenvalue weighted by Crippen LogP contribution is -2.61. The van der Waals surface area contributed by atoms with Gasteiger partial charge in [0, 0.05) is 13.1 Å². The summed E-state index contributed by atoms with van der Waals surface area (Å²) in [4.78, 5) is 14.3. The summed E-state index contributed by atoms with van der Waals surface area (Å²) in [6.07, 6.45) is 7.66. The highest BCUT2D eigenvalue weighted by molar-refractivity contribution is 5.87. The first-order valence-corrected chi connectivity index (χ1v) is 7.13. The Labute approximate surface area is 105 Å². The van der Waals surface area contributed by atoms with Gasteiger partial charge < -0.3 is 10.6 Å². The minimum atomic E-state index is -0.502. The summed E-state index contributed by atoms with van der Waals surface area (Å²) in [5.41, 5.74) is 6.10. The molecule has 0 aromatic heterocycles. The summed E-state index contributed by atoms with van der Waals surface area (Å²) in [6, 6.07) is 0. The van der Waals surface area contributed by atoms with E-state index in [2.05, 4.69) is 13.8 Å². The van der Waals surface area contributed by atoms with E-state index in [-0.39, 0.29) is 5.91 Å². The van der Waals surface area contributed by atoms with Gasteiger partial charge in [-0.05, 0) is 37.5 Å². The third kappa shape index (κ3) is 2.22. The van der Waals surface area contributed by atoms with Crippen molar-refractivity contribution in [2.24, 2.45) is 11.1 Å². The van der Waals surface area contributed by atoms with E-state index in [0.29, 0.717) is 5.41 Å². The monoisotopic (exact) mass is 238 g/mol. The van der Waals surface area contributed by atoms with Gasteiger partial charge >= 0.3 is 0 Å². The summed E-state index contributed by atoms with van der Waals surface area (Å²) < 4.78 is 0. The highest BCUT2D eigenvalue weighted by Crippen LogP contribution is 2.39. The number of nitrogens with zero attached hydrogens (tertiary/aromatic N) is 1. The molecule has 3 heteroatoms. The zero-order valence-electron chi connectivity index (χ0n) is 11.3. The van der Waals surface area contributed by atoms with Crippen molar-refractivity contribution < 1.29 is 4.79 Å². The van der Waals surface area contributed by atoms with Crippen LogP contribution in [0.3, 0.4) is 0 Å². The predicted octanol–water partition coefficient (Wildman–Crippen LogP) is 2.30. The Bertz CT molecular complexity index is 283. The Morgan fingerprint density at radius 3 is 2.00 bits per heavy atom. The van der Waals surface area contributed by atoms with Gasteiger partial charge in [-0.2, -0.15) is 0 Å². The van der Waals surface area contributed by atoms with Crippen molar-refractivity contribution in [3.63, 3.8) is 0 Å². The first-order chi connectivity index (χ1) is 8.05. The maximum Gasteiger partial charge on any atom is 0.242 e. The molecule has 1 saturated carbocycles. The first-order valence-electron chi connectivity index (χ1n) is 7.13. The number of carbonyl (C=O) groups excluding carboxylic acids is 1. The molecule has 2 rings (SSSR count). The van der Waals surface area contributed by atoms with Crippen LogP contribution in [0.25, 0.3) is 0 Å². The Morgan fingerprint density at radius 1 is 1.12 bits per heavy atom. The van der Waals surface area contributed by atoms with Crippen LogP contribution in [0.1, 0.15) is 58.8 Å². The zero-order chi connectivity index (χ0) is 12.5. The molecule has 0 bridgehead atoms. The van der Waals surface area contributed by atoms with Gasteiger partial charge in [-0.15, -0.1) is 0 Å². The molecule has 1 heterocycles. The van der Waals surface area contributed by atoms with E-state index in [1.807, 2.05) is 4.90 Å². The highest BCUT2D eigenvalue weighted by Gasteiger charge is 2.44. The molecule has 98 valence electrons. The Balaban J connectivity index is 1.93. The lowest BCUT2D eigenvalue weighted by atomic mass is 9.72. The SMILES string of the molecule is CCC1(CC)CCN(C(=O)C2(N)CCC2)CC1. The van der Waals surface area contributed by atoms with E-state index in [4.69, 9.17) is 5.73 Å². The number of nitrogens with two attached hydrogens (primary N) is 1. The normalized spacial score (nSPS) is 26.4. The molecule has 0 unspecified atom stereocenters. The van der Waals surface area contributed by atoms with Crippen molar-refractivity contribution in [1.82, 2.24) is 4.90 Å². The van der Waals surface area contributed by atoms with E-state index in [1.165, 1.54) is 12.8 Å². The minimum Gasteiger partial charge on any atom is -0.341 e. The second-order valence-electron chi connectivity index (χ2n) is 6.01. The molecule has 1 aliphatic carbocycles. The molecular weight excluding hydrogens is 212 g/mol. The average molecular weight is 238 g/mol. The fraction of sp³-hybridized carbons (Fsp3) is 0.929. The molecule has 0 radical (unpaired) electrons. The van der Waals surface area contributed by atoms with Crippen molar-refractivity contribution in [3.05, 3.63) is 0 Å². The number of amides is 1. The van der Waals surface area contributed by atoms with Crippen molar-refractivity contribution >= 4 is 5.91 Å². The molecule has 0 aromatic rings. The number of piperidine rings is 1. The lowest BCUT2D eigenvalue weighted by molar-refractivity contribution is -0.142. The summed E-state index contributed by atoms with van der Waals surface area (Å²) in [6.45, 7) is 6.38. The van der Waals surface area contributed by atoms with Crippen LogP contribution in [-0.2, 0) is 4.79 Å². The van der Waals surface area contributed by atoms with Crippen LogP contribution < -0.4 is 5.73 Å². The molecular formula is C14H26N2O. The van der Waals surface area contributed by atoms with Gasteiger partial charge in [-0.3, -0.25) is 4.79 Å². The summed E-state index contributed by atoms with van der Waals surface area (Å²) in [5.74, 6) is 0.213. The third-order valence-electron chi connectivity index (χ3n) is 5.28. The molecule has 2 fully saturated rings. The average Bonchev–Trinajstić information content (AvgIpc) is 2.35. The molecule has 2 aliphatic rings. The Morgan fingerprint density at radius 2 is 1.65 bits per heavy atom. The molecule has 1 saturated heterocycles. The molecule has 0 spiro atoms. The first kappa shape index (κ1) is 12.9. The number of carbonyl (C=O) groups is 1. The fourth-order valence-electron chi connectivity index (χ4n) is 3.23. The van der Waals surface area contributed by atoms with Crippen LogP contribution in [-0.4, -0.2) is 29.4 Å². The number of hydrogen-bond donors (Lipinski definition) is 1. The van der Waals surface area contributed by atoms with Gasteiger partial charge in [-0.25, -0.2) is 0 Å². The maximum atomic E-state index is 12.3. The van der Waals surface area contributed by atoms with Crippen LogP contribution in [0.15, 0.2) is 0 Å². The predicted molar refractivity (Wildman–Crippen MR) is 69.6 cm³/mol. The van der Waals surface area contributed by atoms with Crippen molar-refractivity contribution in [1.29, 1.82) is 0 Å². The minimum absolute atomic E-state index is 0.213. The topological polar surface area (TPSA) is 46.3 Å². The van der Waals surface area contributed by atoms with Crippen LogP contribution in [0.2, 0.25) is 0 Å². The van der Waals surface area contributed by atoms with Crippen LogP contribution in [0.5, 0.6) is 0 Å². The van der Waals surface area contributed by atoms with Crippen molar-refractivity contribution in [2.45, 2.75) is 64.3 Å². The lowest BCUT2D eigenvalue weighted by Gasteiger charge is -2.46. The van der Waals surface area contributed by atoms with E-state index in [1.54, 1.807) is 0 Å². The number of rotatable bonds is 3. The molecule has 0 atom stereocenters. The quantitative estimate of drug-likeness (QED) is 0.820. The third-order valence-corrected chi connectivity index (χ3v) is 5.28. The zero-order valence-corrected chi connectivity index (χ0v) is 11.3.